The molecule has 2 N–H and O–H groups in total. The molecule has 0 radical (unpaired) electrons. The summed E-state index contributed by atoms with van der Waals surface area (Å²) in [7, 11) is 0. The number of aliphatic hydroxyl groups excluding tert-OH is 1. The van der Waals surface area contributed by atoms with Crippen LogP contribution in [0.15, 0.2) is 34.8 Å². The van der Waals surface area contributed by atoms with Crippen LogP contribution in [0.5, 0.6) is 0 Å². The zero-order chi connectivity index (χ0) is 16.1. The highest BCUT2D eigenvalue weighted by atomic mass is 79.9. The molecule has 1 amide bonds. The van der Waals surface area contributed by atoms with Crippen molar-refractivity contribution in [3.05, 3.63) is 55.9 Å². The second-order valence-corrected chi connectivity index (χ2v) is 7.15. The van der Waals surface area contributed by atoms with Crippen LogP contribution in [-0.4, -0.2) is 17.6 Å². The number of carbonyl (C=O) groups is 1. The van der Waals surface area contributed by atoms with Gasteiger partial charge in [-0.3, -0.25) is 4.79 Å². The number of rotatable bonds is 6. The fourth-order valence-corrected chi connectivity index (χ4v) is 4.04. The van der Waals surface area contributed by atoms with Gasteiger partial charge in [-0.05, 0) is 41.4 Å². The molecule has 0 spiro atoms. The van der Waals surface area contributed by atoms with Crippen molar-refractivity contribution >= 4 is 33.2 Å². The Morgan fingerprint density at radius 3 is 2.77 bits per heavy atom. The van der Waals surface area contributed by atoms with Gasteiger partial charge in [0.05, 0.1) is 12.5 Å². The Bertz CT molecular complexity index is 659. The van der Waals surface area contributed by atoms with Crippen molar-refractivity contribution in [3.63, 3.8) is 0 Å². The summed E-state index contributed by atoms with van der Waals surface area (Å²) in [5.41, 5.74) is 0.395. The van der Waals surface area contributed by atoms with Gasteiger partial charge in [-0.1, -0.05) is 18.2 Å². The van der Waals surface area contributed by atoms with E-state index in [1.165, 1.54) is 6.07 Å². The molecule has 118 valence electrons. The summed E-state index contributed by atoms with van der Waals surface area (Å²) in [6.07, 6.45) is 0.507. The number of aryl methyl sites for hydroxylation is 1. The summed E-state index contributed by atoms with van der Waals surface area (Å²) in [5, 5.41) is 12.0. The number of amides is 1. The first-order valence-electron chi connectivity index (χ1n) is 6.90. The Labute approximate surface area is 141 Å². The average molecular weight is 386 g/mol. The number of hydrogen-bond acceptors (Lipinski definition) is 3. The fraction of sp³-hybridized carbons (Fsp3) is 0.312. The molecule has 0 saturated heterocycles. The Morgan fingerprint density at radius 1 is 1.45 bits per heavy atom. The van der Waals surface area contributed by atoms with E-state index in [1.807, 2.05) is 13.0 Å². The van der Waals surface area contributed by atoms with Crippen LogP contribution < -0.4 is 5.32 Å². The van der Waals surface area contributed by atoms with E-state index in [4.69, 9.17) is 5.11 Å². The zero-order valence-corrected chi connectivity index (χ0v) is 14.5. The zero-order valence-electron chi connectivity index (χ0n) is 12.1. The van der Waals surface area contributed by atoms with Gasteiger partial charge < -0.3 is 10.4 Å². The molecule has 22 heavy (non-hydrogen) atoms. The van der Waals surface area contributed by atoms with E-state index >= 15 is 0 Å². The van der Waals surface area contributed by atoms with E-state index in [0.29, 0.717) is 5.56 Å². The van der Waals surface area contributed by atoms with Gasteiger partial charge in [-0.25, -0.2) is 4.39 Å². The van der Waals surface area contributed by atoms with Crippen LogP contribution in [0.3, 0.4) is 0 Å². The van der Waals surface area contributed by atoms with Crippen molar-refractivity contribution in [2.24, 2.45) is 0 Å². The number of thiophene rings is 1. The Balaban J connectivity index is 2.09. The lowest BCUT2D eigenvalue weighted by atomic mass is 10.0. The van der Waals surface area contributed by atoms with Gasteiger partial charge in [-0.15, -0.1) is 11.3 Å². The molecule has 2 aromatic rings. The molecule has 6 heteroatoms. The standard InChI is InChI=1S/C16H17BrFNO2S/c1-10-8-12(17)15(22-10)9-16(21)19-14(6-7-20)11-4-2-3-5-13(11)18/h2-5,8,14,20H,6-7,9H2,1H3,(H,19,21). The van der Waals surface area contributed by atoms with Crippen molar-refractivity contribution in [1.29, 1.82) is 0 Å². The minimum atomic E-state index is -0.529. The molecular formula is C16H17BrFNO2S. The number of hydrogen-bond donors (Lipinski definition) is 2. The summed E-state index contributed by atoms with van der Waals surface area (Å²) < 4.78 is 14.8. The van der Waals surface area contributed by atoms with Crippen LogP contribution in [0.25, 0.3) is 0 Å². The van der Waals surface area contributed by atoms with Crippen LogP contribution in [0.4, 0.5) is 4.39 Å². The minimum absolute atomic E-state index is 0.124. The van der Waals surface area contributed by atoms with Crippen LogP contribution >= 0.6 is 27.3 Å². The Hall–Kier alpha value is -1.24. The van der Waals surface area contributed by atoms with Crippen LogP contribution in [0, 0.1) is 12.7 Å². The van der Waals surface area contributed by atoms with Crippen molar-refractivity contribution in [2.45, 2.75) is 25.8 Å². The molecule has 0 aliphatic carbocycles. The van der Waals surface area contributed by atoms with E-state index < -0.39 is 6.04 Å². The highest BCUT2D eigenvalue weighted by Crippen LogP contribution is 2.27. The van der Waals surface area contributed by atoms with Crippen LogP contribution in [0.1, 0.15) is 27.8 Å². The lowest BCUT2D eigenvalue weighted by Crippen LogP contribution is -2.31. The monoisotopic (exact) mass is 385 g/mol. The lowest BCUT2D eigenvalue weighted by Gasteiger charge is -2.18. The first-order valence-corrected chi connectivity index (χ1v) is 8.51. The van der Waals surface area contributed by atoms with Crippen molar-refractivity contribution in [1.82, 2.24) is 5.32 Å². The number of halogens is 2. The van der Waals surface area contributed by atoms with Crippen molar-refractivity contribution in [3.8, 4) is 0 Å². The normalized spacial score (nSPS) is 12.2. The lowest BCUT2D eigenvalue weighted by molar-refractivity contribution is -0.121. The van der Waals surface area contributed by atoms with Gasteiger partial charge in [0.2, 0.25) is 5.91 Å². The summed E-state index contributed by atoms with van der Waals surface area (Å²) in [6.45, 7) is 1.85. The molecule has 0 aliphatic rings. The first-order chi connectivity index (χ1) is 10.5. The number of carbonyl (C=O) groups excluding carboxylic acids is 1. The molecule has 0 aliphatic heterocycles. The van der Waals surface area contributed by atoms with E-state index in [2.05, 4.69) is 21.2 Å². The molecule has 0 bridgehead atoms. The maximum absolute atomic E-state index is 13.9. The highest BCUT2D eigenvalue weighted by Gasteiger charge is 2.18. The molecule has 0 saturated carbocycles. The predicted molar refractivity (Wildman–Crippen MR) is 89.4 cm³/mol. The molecule has 1 unspecified atom stereocenters. The first kappa shape index (κ1) is 17.1. The topological polar surface area (TPSA) is 49.3 Å². The van der Waals surface area contributed by atoms with E-state index in [1.54, 1.807) is 29.5 Å². The molecule has 3 nitrogen and oxygen atoms in total. The Morgan fingerprint density at radius 2 is 2.18 bits per heavy atom. The second-order valence-electron chi connectivity index (χ2n) is 4.96. The number of aliphatic hydroxyl groups is 1. The molecule has 1 heterocycles. The van der Waals surface area contributed by atoms with Gasteiger partial charge in [0.1, 0.15) is 5.82 Å². The summed E-state index contributed by atoms with van der Waals surface area (Å²) in [5.74, 6) is -0.571. The molecule has 1 aromatic carbocycles. The molecule has 2 rings (SSSR count). The second kappa shape index (κ2) is 7.85. The smallest absolute Gasteiger partial charge is 0.225 e. The van der Waals surface area contributed by atoms with Gasteiger partial charge in [-0.2, -0.15) is 0 Å². The Kier molecular flexibility index (Phi) is 6.11. The molecule has 0 fully saturated rings. The van der Waals surface area contributed by atoms with Crippen molar-refractivity contribution in [2.75, 3.05) is 6.61 Å². The maximum atomic E-state index is 13.9. The van der Waals surface area contributed by atoms with Crippen LogP contribution in [0.2, 0.25) is 0 Å². The van der Waals surface area contributed by atoms with E-state index in [9.17, 15) is 9.18 Å². The largest absolute Gasteiger partial charge is 0.396 e. The molecule has 1 atom stereocenters. The summed E-state index contributed by atoms with van der Waals surface area (Å²) in [4.78, 5) is 14.3. The predicted octanol–water partition coefficient (Wildman–Crippen LogP) is 3.74. The average Bonchev–Trinajstić information content (AvgIpc) is 2.77. The fourth-order valence-electron chi connectivity index (χ4n) is 2.24. The van der Waals surface area contributed by atoms with Gasteiger partial charge in [0.25, 0.3) is 0 Å². The quantitative estimate of drug-likeness (QED) is 0.795. The number of benzene rings is 1. The highest BCUT2D eigenvalue weighted by molar-refractivity contribution is 9.10. The third-order valence-electron chi connectivity index (χ3n) is 3.24. The van der Waals surface area contributed by atoms with Crippen molar-refractivity contribution < 1.29 is 14.3 Å². The maximum Gasteiger partial charge on any atom is 0.225 e. The minimum Gasteiger partial charge on any atom is -0.396 e. The SMILES string of the molecule is Cc1cc(Br)c(CC(=O)NC(CCO)c2ccccc2F)s1. The van der Waals surface area contributed by atoms with Crippen LogP contribution in [-0.2, 0) is 11.2 Å². The molecule has 1 aromatic heterocycles. The van der Waals surface area contributed by atoms with Gasteiger partial charge >= 0.3 is 0 Å². The third-order valence-corrected chi connectivity index (χ3v) is 5.26. The molecular weight excluding hydrogens is 369 g/mol. The summed E-state index contributed by atoms with van der Waals surface area (Å²) in [6, 6.07) is 7.73. The third kappa shape index (κ3) is 4.38. The summed E-state index contributed by atoms with van der Waals surface area (Å²) >= 11 is 4.98. The number of nitrogens with one attached hydrogen (secondary N) is 1. The van der Waals surface area contributed by atoms with E-state index in [-0.39, 0.29) is 31.2 Å². The van der Waals surface area contributed by atoms with Gasteiger partial charge in [0.15, 0.2) is 0 Å². The van der Waals surface area contributed by atoms with E-state index in [0.717, 1.165) is 14.2 Å². The van der Waals surface area contributed by atoms with Gasteiger partial charge in [0, 0.05) is 26.4 Å².